The molecule has 0 aliphatic carbocycles. The largest absolute Gasteiger partial charge is 0.483 e. The Balaban J connectivity index is 1.78. The minimum absolute atomic E-state index is 0.142. The molecule has 0 aromatic heterocycles. The lowest BCUT2D eigenvalue weighted by Gasteiger charge is -2.12. The molecule has 0 fully saturated rings. The fourth-order valence-corrected chi connectivity index (χ4v) is 2.66. The molecule has 29 heavy (non-hydrogen) atoms. The van der Waals surface area contributed by atoms with E-state index >= 15 is 0 Å². The summed E-state index contributed by atoms with van der Waals surface area (Å²) in [7, 11) is 0. The van der Waals surface area contributed by atoms with E-state index in [0.29, 0.717) is 23.5 Å². The third-order valence-electron chi connectivity index (χ3n) is 3.68. The van der Waals surface area contributed by atoms with Crippen LogP contribution in [0.25, 0.3) is 0 Å². The first-order valence-corrected chi connectivity index (χ1v) is 9.69. The molecule has 0 unspecified atom stereocenters. The lowest BCUT2D eigenvalue weighted by molar-refractivity contribution is -0.121. The quantitative estimate of drug-likeness (QED) is 0.524. The van der Waals surface area contributed by atoms with Crippen LogP contribution in [0.1, 0.15) is 18.9 Å². The Morgan fingerprint density at radius 1 is 0.862 bits per heavy atom. The highest BCUT2D eigenvalue weighted by Crippen LogP contribution is 2.16. The maximum absolute atomic E-state index is 12.0. The number of carbonyl (C=O) groups excluding carboxylic acids is 2. The maximum atomic E-state index is 12.0. The molecule has 2 aromatic carbocycles. The van der Waals surface area contributed by atoms with Crippen molar-refractivity contribution < 1.29 is 14.3 Å². The van der Waals surface area contributed by atoms with Gasteiger partial charge in [0.25, 0.3) is 5.91 Å². The molecule has 2 aromatic rings. The fraction of sp³-hybridized carbons (Fsp3) is 0.200. The molecule has 0 aliphatic rings. The molecule has 7 nitrogen and oxygen atoms in total. The lowest BCUT2D eigenvalue weighted by atomic mass is 10.2. The molecule has 0 saturated heterocycles. The van der Waals surface area contributed by atoms with Crippen LogP contribution >= 0.6 is 24.4 Å². The topological polar surface area (TPSA) is 91.5 Å². The molecule has 0 saturated carbocycles. The van der Waals surface area contributed by atoms with Gasteiger partial charge in [0.2, 0.25) is 5.91 Å². The predicted molar refractivity (Wildman–Crippen MR) is 122 cm³/mol. The van der Waals surface area contributed by atoms with Gasteiger partial charge in [-0.15, -0.1) is 0 Å². The average Bonchev–Trinajstić information content (AvgIpc) is 2.68. The molecule has 2 amide bonds. The van der Waals surface area contributed by atoms with E-state index in [1.165, 1.54) is 0 Å². The van der Waals surface area contributed by atoms with Gasteiger partial charge in [0.15, 0.2) is 16.8 Å². The molecule has 0 radical (unpaired) electrons. The van der Waals surface area contributed by atoms with Gasteiger partial charge >= 0.3 is 0 Å². The highest BCUT2D eigenvalue weighted by Gasteiger charge is 2.08. The van der Waals surface area contributed by atoms with E-state index in [0.717, 1.165) is 5.56 Å². The Hall–Kier alpha value is -3.04. The van der Waals surface area contributed by atoms with Crippen molar-refractivity contribution in [1.82, 2.24) is 10.6 Å². The van der Waals surface area contributed by atoms with Crippen molar-refractivity contribution in [3.63, 3.8) is 0 Å². The molecule has 152 valence electrons. The van der Waals surface area contributed by atoms with Gasteiger partial charge in [-0.1, -0.05) is 25.1 Å². The third kappa shape index (κ3) is 7.84. The third-order valence-corrected chi connectivity index (χ3v) is 4.09. The summed E-state index contributed by atoms with van der Waals surface area (Å²) >= 11 is 10.2. The number of amides is 2. The van der Waals surface area contributed by atoms with Gasteiger partial charge in [0, 0.05) is 17.8 Å². The predicted octanol–water partition coefficient (Wildman–Crippen LogP) is 3.11. The molecular formula is C20H22N4O3S2. The van der Waals surface area contributed by atoms with E-state index in [9.17, 15) is 9.59 Å². The molecule has 0 bridgehead atoms. The first-order chi connectivity index (χ1) is 13.9. The fourth-order valence-electron chi connectivity index (χ4n) is 2.20. The Kier molecular flexibility index (Phi) is 8.50. The molecule has 0 aliphatic heterocycles. The van der Waals surface area contributed by atoms with Crippen molar-refractivity contribution >= 4 is 57.8 Å². The average molecular weight is 431 g/mol. The van der Waals surface area contributed by atoms with Crippen LogP contribution in [0.4, 0.5) is 11.4 Å². The van der Waals surface area contributed by atoms with Gasteiger partial charge < -0.3 is 20.7 Å². The van der Waals surface area contributed by atoms with E-state index in [4.69, 9.17) is 29.2 Å². The van der Waals surface area contributed by atoms with E-state index in [1.807, 2.05) is 25.1 Å². The zero-order valence-electron chi connectivity index (χ0n) is 16.1. The van der Waals surface area contributed by atoms with Gasteiger partial charge in [0.05, 0.1) is 0 Å². The monoisotopic (exact) mass is 430 g/mol. The highest BCUT2D eigenvalue weighted by molar-refractivity contribution is 7.80. The van der Waals surface area contributed by atoms with Crippen molar-refractivity contribution in [1.29, 1.82) is 0 Å². The Morgan fingerprint density at radius 2 is 1.38 bits per heavy atom. The SMILES string of the molecule is CCC(=O)NC(=S)Nc1ccc(NC(=S)NC(=O)COc2ccccc2C)cc1. The normalized spacial score (nSPS) is 9.86. The van der Waals surface area contributed by atoms with Crippen LogP contribution < -0.4 is 26.0 Å². The Morgan fingerprint density at radius 3 is 1.90 bits per heavy atom. The standard InChI is InChI=1S/C20H22N4O3S2/c1-3-17(25)23-19(28)21-14-8-10-15(11-9-14)22-20(29)24-18(26)12-27-16-7-5-4-6-13(16)2/h4-11H,3,12H2,1-2H3,(H2,21,23,25,28)(H2,22,24,26,29). The number of benzene rings is 2. The summed E-state index contributed by atoms with van der Waals surface area (Å²) in [6.07, 6.45) is 0.351. The van der Waals surface area contributed by atoms with Gasteiger partial charge in [-0.2, -0.15) is 0 Å². The van der Waals surface area contributed by atoms with Crippen LogP contribution in [-0.2, 0) is 9.59 Å². The smallest absolute Gasteiger partial charge is 0.264 e. The summed E-state index contributed by atoms with van der Waals surface area (Å²) in [5.74, 6) is 0.131. The number of aryl methyl sites for hydroxylation is 1. The molecule has 2 rings (SSSR count). The minimum Gasteiger partial charge on any atom is -0.483 e. The molecule has 9 heteroatoms. The van der Waals surface area contributed by atoms with Crippen LogP contribution in [0, 0.1) is 6.92 Å². The highest BCUT2D eigenvalue weighted by atomic mass is 32.1. The minimum atomic E-state index is -0.360. The van der Waals surface area contributed by atoms with Crippen LogP contribution in [-0.4, -0.2) is 28.6 Å². The van der Waals surface area contributed by atoms with Gasteiger partial charge in [-0.05, 0) is 67.3 Å². The number of thiocarbonyl (C=S) groups is 2. The lowest BCUT2D eigenvalue weighted by Crippen LogP contribution is -2.37. The molecule has 0 heterocycles. The number of rotatable bonds is 6. The number of anilines is 2. The number of hydrogen-bond acceptors (Lipinski definition) is 5. The first-order valence-electron chi connectivity index (χ1n) is 8.87. The zero-order chi connectivity index (χ0) is 21.2. The number of carbonyl (C=O) groups is 2. The van der Waals surface area contributed by atoms with Gasteiger partial charge in [0.1, 0.15) is 5.75 Å². The van der Waals surface area contributed by atoms with E-state index in [2.05, 4.69) is 21.3 Å². The number of para-hydroxylation sites is 1. The summed E-state index contributed by atoms with van der Waals surface area (Å²) in [6.45, 7) is 3.51. The second-order valence-corrected chi connectivity index (χ2v) is 6.81. The van der Waals surface area contributed by atoms with Gasteiger partial charge in [-0.3, -0.25) is 14.9 Å². The molecule has 0 atom stereocenters. The van der Waals surface area contributed by atoms with Crippen LogP contribution in [0.15, 0.2) is 48.5 Å². The number of nitrogens with one attached hydrogen (secondary N) is 4. The Bertz CT molecular complexity index is 901. The van der Waals surface area contributed by atoms with E-state index in [-0.39, 0.29) is 28.6 Å². The summed E-state index contributed by atoms with van der Waals surface area (Å²) in [5, 5.41) is 11.3. The number of ether oxygens (including phenoxy) is 1. The van der Waals surface area contributed by atoms with Crippen LogP contribution in [0.2, 0.25) is 0 Å². The molecular weight excluding hydrogens is 408 g/mol. The van der Waals surface area contributed by atoms with Crippen molar-refractivity contribution in [3.8, 4) is 5.75 Å². The first kappa shape index (κ1) is 22.3. The second-order valence-electron chi connectivity index (χ2n) is 5.99. The van der Waals surface area contributed by atoms with Crippen LogP contribution in [0.3, 0.4) is 0 Å². The van der Waals surface area contributed by atoms with Crippen molar-refractivity contribution in [3.05, 3.63) is 54.1 Å². The van der Waals surface area contributed by atoms with Crippen LogP contribution in [0.5, 0.6) is 5.75 Å². The second kappa shape index (κ2) is 11.1. The number of hydrogen-bond donors (Lipinski definition) is 4. The Labute approximate surface area is 180 Å². The molecule has 0 spiro atoms. The molecule has 4 N–H and O–H groups in total. The van der Waals surface area contributed by atoms with E-state index < -0.39 is 0 Å². The summed E-state index contributed by atoms with van der Waals surface area (Å²) in [5.41, 5.74) is 2.34. The summed E-state index contributed by atoms with van der Waals surface area (Å²) in [4.78, 5) is 23.3. The van der Waals surface area contributed by atoms with Crippen molar-refractivity contribution in [2.45, 2.75) is 20.3 Å². The van der Waals surface area contributed by atoms with Crippen molar-refractivity contribution in [2.75, 3.05) is 17.2 Å². The summed E-state index contributed by atoms with van der Waals surface area (Å²) in [6, 6.07) is 14.5. The van der Waals surface area contributed by atoms with E-state index in [1.54, 1.807) is 37.3 Å². The van der Waals surface area contributed by atoms with Crippen molar-refractivity contribution in [2.24, 2.45) is 0 Å². The summed E-state index contributed by atoms with van der Waals surface area (Å²) < 4.78 is 5.49. The van der Waals surface area contributed by atoms with Gasteiger partial charge in [-0.25, -0.2) is 0 Å². The zero-order valence-corrected chi connectivity index (χ0v) is 17.7. The maximum Gasteiger partial charge on any atom is 0.264 e.